The molecule has 0 saturated carbocycles. The van der Waals surface area contributed by atoms with Crippen molar-refractivity contribution in [3.63, 3.8) is 0 Å². The molecule has 96 valence electrons. The average molecular weight is 311 g/mol. The Hall–Kier alpha value is -1.36. The molecule has 0 atom stereocenters. The molecule has 6 heteroatoms. The molecule has 2 aromatic heterocycles. The number of hydrogen-bond acceptors (Lipinski definition) is 4. The number of fused-ring (bicyclic) bond motifs is 1. The van der Waals surface area contributed by atoms with Crippen LogP contribution in [0.4, 0.5) is 0 Å². The summed E-state index contributed by atoms with van der Waals surface area (Å²) in [5.41, 5.74) is 0.936. The molecule has 0 unspecified atom stereocenters. The van der Waals surface area contributed by atoms with Crippen LogP contribution < -0.4 is 4.74 Å². The lowest BCUT2D eigenvalue weighted by atomic mass is 10.2. The molecule has 0 radical (unpaired) electrons. The van der Waals surface area contributed by atoms with Crippen LogP contribution in [0.25, 0.3) is 10.2 Å². The van der Waals surface area contributed by atoms with Crippen molar-refractivity contribution in [3.05, 3.63) is 45.5 Å². The molecule has 3 aromatic rings. The third-order valence-corrected chi connectivity index (χ3v) is 3.82. The van der Waals surface area contributed by atoms with Crippen LogP contribution in [0.5, 0.6) is 11.6 Å². The zero-order valence-electron chi connectivity index (χ0n) is 9.85. The summed E-state index contributed by atoms with van der Waals surface area (Å²) in [7, 11) is 0. The van der Waals surface area contributed by atoms with Crippen molar-refractivity contribution >= 4 is 44.8 Å². The smallest absolute Gasteiger partial charge is 0.232 e. The molecule has 0 aliphatic heterocycles. The highest BCUT2D eigenvalue weighted by atomic mass is 35.5. The summed E-state index contributed by atoms with van der Waals surface area (Å²) in [5.74, 6) is 1.16. The summed E-state index contributed by atoms with van der Waals surface area (Å²) in [4.78, 5) is 9.09. The standard InChI is InChI=1S/C13H8Cl2N2OS/c1-7-6-8(14)2-3-10(7)18-11-9-4-5-19-12(9)17-13(15)16-11/h2-6H,1H3. The molecule has 0 fully saturated rings. The molecular formula is C13H8Cl2N2OS. The third-order valence-electron chi connectivity index (χ3n) is 2.61. The first-order valence-electron chi connectivity index (χ1n) is 5.48. The minimum atomic E-state index is 0.177. The van der Waals surface area contributed by atoms with Crippen molar-refractivity contribution in [2.45, 2.75) is 6.92 Å². The van der Waals surface area contributed by atoms with Gasteiger partial charge in [0.05, 0.1) is 5.39 Å². The van der Waals surface area contributed by atoms with Crippen molar-refractivity contribution in [1.82, 2.24) is 9.97 Å². The molecule has 0 N–H and O–H groups in total. The van der Waals surface area contributed by atoms with Crippen molar-refractivity contribution in [2.75, 3.05) is 0 Å². The highest BCUT2D eigenvalue weighted by Gasteiger charge is 2.11. The van der Waals surface area contributed by atoms with E-state index in [2.05, 4.69) is 9.97 Å². The number of thiophene rings is 1. The molecule has 0 saturated heterocycles. The van der Waals surface area contributed by atoms with Crippen LogP contribution in [0.1, 0.15) is 5.56 Å². The summed E-state index contributed by atoms with van der Waals surface area (Å²) < 4.78 is 5.83. The number of rotatable bonds is 2. The van der Waals surface area contributed by atoms with Gasteiger partial charge in [-0.3, -0.25) is 0 Å². The summed E-state index contributed by atoms with van der Waals surface area (Å²) in [6.07, 6.45) is 0. The zero-order valence-corrected chi connectivity index (χ0v) is 12.2. The third kappa shape index (κ3) is 2.52. The van der Waals surface area contributed by atoms with E-state index in [1.165, 1.54) is 11.3 Å². The number of nitrogens with zero attached hydrogens (tertiary/aromatic N) is 2. The van der Waals surface area contributed by atoms with Gasteiger partial charge in [0.1, 0.15) is 10.6 Å². The first kappa shape index (κ1) is 12.7. The fourth-order valence-electron chi connectivity index (χ4n) is 1.71. The Morgan fingerprint density at radius 1 is 1.16 bits per heavy atom. The number of aryl methyl sites for hydroxylation is 1. The highest BCUT2D eigenvalue weighted by Crippen LogP contribution is 2.33. The van der Waals surface area contributed by atoms with E-state index < -0.39 is 0 Å². The van der Waals surface area contributed by atoms with Gasteiger partial charge < -0.3 is 4.74 Å². The van der Waals surface area contributed by atoms with Crippen LogP contribution in [0.2, 0.25) is 10.3 Å². The van der Waals surface area contributed by atoms with Gasteiger partial charge in [-0.15, -0.1) is 11.3 Å². The Bertz CT molecular complexity index is 757. The van der Waals surface area contributed by atoms with E-state index in [0.29, 0.717) is 16.7 Å². The fourth-order valence-corrected chi connectivity index (χ4v) is 2.91. The van der Waals surface area contributed by atoms with E-state index in [-0.39, 0.29) is 5.28 Å². The summed E-state index contributed by atoms with van der Waals surface area (Å²) in [5, 5.41) is 3.63. The average Bonchev–Trinajstić information content (AvgIpc) is 2.80. The minimum Gasteiger partial charge on any atom is -0.438 e. The summed E-state index contributed by atoms with van der Waals surface area (Å²) in [6, 6.07) is 7.34. The lowest BCUT2D eigenvalue weighted by molar-refractivity contribution is 0.465. The van der Waals surface area contributed by atoms with Crippen molar-refractivity contribution < 1.29 is 4.74 Å². The maximum atomic E-state index is 5.92. The lowest BCUT2D eigenvalue weighted by Gasteiger charge is -2.09. The van der Waals surface area contributed by atoms with E-state index >= 15 is 0 Å². The summed E-state index contributed by atoms with van der Waals surface area (Å²) in [6.45, 7) is 1.93. The van der Waals surface area contributed by atoms with Gasteiger partial charge in [-0.05, 0) is 53.7 Å². The van der Waals surface area contributed by atoms with Gasteiger partial charge in [-0.1, -0.05) is 11.6 Å². The predicted octanol–water partition coefficient (Wildman–Crippen LogP) is 5.10. The largest absolute Gasteiger partial charge is 0.438 e. The van der Waals surface area contributed by atoms with Crippen LogP contribution >= 0.6 is 34.5 Å². The van der Waals surface area contributed by atoms with E-state index in [9.17, 15) is 0 Å². The molecule has 0 amide bonds. The van der Waals surface area contributed by atoms with Gasteiger partial charge in [-0.25, -0.2) is 4.98 Å². The number of halogens is 2. The number of benzene rings is 1. The zero-order chi connectivity index (χ0) is 13.4. The predicted molar refractivity (Wildman–Crippen MR) is 78.7 cm³/mol. The van der Waals surface area contributed by atoms with Crippen molar-refractivity contribution in [3.8, 4) is 11.6 Å². The Balaban J connectivity index is 2.07. The molecule has 0 aliphatic carbocycles. The van der Waals surface area contributed by atoms with Gasteiger partial charge in [0, 0.05) is 5.02 Å². The summed E-state index contributed by atoms with van der Waals surface area (Å²) >= 11 is 13.3. The van der Waals surface area contributed by atoms with Gasteiger partial charge >= 0.3 is 0 Å². The van der Waals surface area contributed by atoms with Crippen LogP contribution in [0.3, 0.4) is 0 Å². The van der Waals surface area contributed by atoms with Gasteiger partial charge in [0.2, 0.25) is 11.2 Å². The van der Waals surface area contributed by atoms with Crippen molar-refractivity contribution in [2.24, 2.45) is 0 Å². The maximum Gasteiger partial charge on any atom is 0.232 e. The topological polar surface area (TPSA) is 35.0 Å². The molecule has 3 rings (SSSR count). The van der Waals surface area contributed by atoms with Crippen molar-refractivity contribution in [1.29, 1.82) is 0 Å². The maximum absolute atomic E-state index is 5.92. The van der Waals surface area contributed by atoms with E-state index in [0.717, 1.165) is 15.8 Å². The Kier molecular flexibility index (Phi) is 3.31. The molecule has 0 aliphatic rings. The molecule has 0 spiro atoms. The van der Waals surface area contributed by atoms with E-state index in [1.807, 2.05) is 30.5 Å². The second kappa shape index (κ2) is 4.96. The van der Waals surface area contributed by atoms with Crippen LogP contribution in [0.15, 0.2) is 29.6 Å². The molecule has 19 heavy (non-hydrogen) atoms. The van der Waals surface area contributed by atoms with Gasteiger partial charge in [0.15, 0.2) is 0 Å². The number of aromatic nitrogens is 2. The number of hydrogen-bond donors (Lipinski definition) is 0. The Morgan fingerprint density at radius 3 is 2.79 bits per heavy atom. The molecule has 2 heterocycles. The quantitative estimate of drug-likeness (QED) is 0.618. The van der Waals surface area contributed by atoms with Gasteiger partial charge in [-0.2, -0.15) is 4.98 Å². The normalized spacial score (nSPS) is 10.9. The first-order valence-corrected chi connectivity index (χ1v) is 7.12. The molecule has 0 bridgehead atoms. The lowest BCUT2D eigenvalue weighted by Crippen LogP contribution is -1.92. The molecule has 3 nitrogen and oxygen atoms in total. The molecular weight excluding hydrogens is 303 g/mol. The second-order valence-electron chi connectivity index (χ2n) is 3.95. The molecule has 1 aromatic carbocycles. The van der Waals surface area contributed by atoms with Crippen LogP contribution in [0, 0.1) is 6.92 Å². The van der Waals surface area contributed by atoms with Crippen LogP contribution in [-0.2, 0) is 0 Å². The second-order valence-corrected chi connectivity index (χ2v) is 5.62. The Labute approximate surface area is 123 Å². The van der Waals surface area contributed by atoms with E-state index in [4.69, 9.17) is 27.9 Å². The number of ether oxygens (including phenoxy) is 1. The monoisotopic (exact) mass is 310 g/mol. The minimum absolute atomic E-state index is 0.177. The van der Waals surface area contributed by atoms with Gasteiger partial charge in [0.25, 0.3) is 0 Å². The fraction of sp³-hybridized carbons (Fsp3) is 0.0769. The highest BCUT2D eigenvalue weighted by molar-refractivity contribution is 7.16. The first-order chi connectivity index (χ1) is 9.13. The van der Waals surface area contributed by atoms with Crippen LogP contribution in [-0.4, -0.2) is 9.97 Å². The Morgan fingerprint density at radius 2 is 2.00 bits per heavy atom. The van der Waals surface area contributed by atoms with E-state index in [1.54, 1.807) is 6.07 Å². The SMILES string of the molecule is Cc1cc(Cl)ccc1Oc1nc(Cl)nc2sccc12.